The van der Waals surface area contributed by atoms with Crippen molar-refractivity contribution in [1.82, 2.24) is 0 Å². The SMILES string of the molecule is CC1CCCOC(O)CO1.OC12CCCC1OCCCCO2.OC12CCCCC1OCCCCO2. The van der Waals surface area contributed by atoms with Crippen molar-refractivity contribution < 1.29 is 43.7 Å². The Morgan fingerprint density at radius 2 is 1.11 bits per heavy atom. The minimum absolute atomic E-state index is 0.0715. The quantitative estimate of drug-likeness (QED) is 0.458. The zero-order valence-electron chi connectivity index (χ0n) is 21.5. The number of fused-ring (bicyclic) bond motifs is 2. The molecule has 0 aromatic rings. The summed E-state index contributed by atoms with van der Waals surface area (Å²) >= 11 is 0. The summed E-state index contributed by atoms with van der Waals surface area (Å²) in [4.78, 5) is 0. The molecule has 0 spiro atoms. The minimum Gasteiger partial charge on any atom is -0.373 e. The maximum absolute atomic E-state index is 10.1. The normalized spacial score (nSPS) is 40.8. The maximum Gasteiger partial charge on any atom is 0.192 e. The summed E-state index contributed by atoms with van der Waals surface area (Å²) in [5.41, 5.74) is 0. The molecule has 9 heteroatoms. The first-order valence-electron chi connectivity index (χ1n) is 13.8. The molecule has 3 heterocycles. The molecule has 35 heavy (non-hydrogen) atoms. The van der Waals surface area contributed by atoms with Gasteiger partial charge in [-0.15, -0.1) is 0 Å². The van der Waals surface area contributed by atoms with Crippen molar-refractivity contribution in [1.29, 1.82) is 0 Å². The van der Waals surface area contributed by atoms with Gasteiger partial charge in [0, 0.05) is 32.7 Å². The van der Waals surface area contributed by atoms with Crippen molar-refractivity contribution in [3.8, 4) is 0 Å². The van der Waals surface area contributed by atoms with E-state index in [0.29, 0.717) is 26.4 Å². The second-order valence-electron chi connectivity index (χ2n) is 10.3. The van der Waals surface area contributed by atoms with Gasteiger partial charge in [0.2, 0.25) is 0 Å². The van der Waals surface area contributed by atoms with E-state index in [0.717, 1.165) is 96.7 Å². The third kappa shape index (κ3) is 9.79. The predicted octanol–water partition coefficient (Wildman–Crippen LogP) is 3.02. The van der Waals surface area contributed by atoms with Gasteiger partial charge < -0.3 is 43.7 Å². The van der Waals surface area contributed by atoms with Crippen LogP contribution in [0.3, 0.4) is 0 Å². The van der Waals surface area contributed by atoms with Crippen LogP contribution in [0.25, 0.3) is 0 Å². The average molecular weight is 505 g/mol. The Bertz CT molecular complexity index is 567. The van der Waals surface area contributed by atoms with E-state index >= 15 is 0 Å². The van der Waals surface area contributed by atoms with E-state index in [-0.39, 0.29) is 18.3 Å². The van der Waals surface area contributed by atoms with Gasteiger partial charge in [0.25, 0.3) is 0 Å². The smallest absolute Gasteiger partial charge is 0.192 e. The number of aliphatic hydroxyl groups excluding tert-OH is 1. The molecule has 0 amide bonds. The van der Waals surface area contributed by atoms with Gasteiger partial charge in [0.1, 0.15) is 12.2 Å². The Balaban J connectivity index is 0.000000148. The highest BCUT2D eigenvalue weighted by Crippen LogP contribution is 2.35. The van der Waals surface area contributed by atoms with Crippen molar-refractivity contribution in [3.63, 3.8) is 0 Å². The molecule has 206 valence electrons. The monoisotopic (exact) mass is 504 g/mol. The molecule has 5 fully saturated rings. The van der Waals surface area contributed by atoms with E-state index in [2.05, 4.69) is 0 Å². The molecule has 6 unspecified atom stereocenters. The van der Waals surface area contributed by atoms with Gasteiger partial charge in [0.05, 0.1) is 25.9 Å². The number of hydrogen-bond acceptors (Lipinski definition) is 9. The van der Waals surface area contributed by atoms with Crippen molar-refractivity contribution in [3.05, 3.63) is 0 Å². The van der Waals surface area contributed by atoms with E-state index in [9.17, 15) is 10.2 Å². The highest BCUT2D eigenvalue weighted by molar-refractivity contribution is 4.87. The molecule has 5 rings (SSSR count). The molecular weight excluding hydrogens is 456 g/mol. The fraction of sp³-hybridized carbons (Fsp3) is 1.00. The predicted molar refractivity (Wildman–Crippen MR) is 129 cm³/mol. The van der Waals surface area contributed by atoms with Crippen LogP contribution < -0.4 is 0 Å². The van der Waals surface area contributed by atoms with E-state index in [4.69, 9.17) is 33.5 Å². The Labute approximate surface area is 210 Å². The van der Waals surface area contributed by atoms with Crippen molar-refractivity contribution in [2.24, 2.45) is 0 Å². The van der Waals surface area contributed by atoms with E-state index in [1.807, 2.05) is 6.92 Å². The lowest BCUT2D eigenvalue weighted by molar-refractivity contribution is -0.287. The van der Waals surface area contributed by atoms with Crippen LogP contribution in [0.5, 0.6) is 0 Å². The molecule has 0 aromatic heterocycles. The molecule has 3 saturated heterocycles. The first-order valence-corrected chi connectivity index (χ1v) is 13.8. The molecule has 5 aliphatic rings. The number of aliphatic hydroxyl groups is 3. The fourth-order valence-electron chi connectivity index (χ4n) is 5.10. The summed E-state index contributed by atoms with van der Waals surface area (Å²) in [5.74, 6) is -1.93. The molecule has 0 radical (unpaired) electrons. The molecular formula is C26H48O9. The van der Waals surface area contributed by atoms with Crippen LogP contribution in [0.4, 0.5) is 0 Å². The number of ether oxygens (including phenoxy) is 6. The van der Waals surface area contributed by atoms with Gasteiger partial charge >= 0.3 is 0 Å². The van der Waals surface area contributed by atoms with Crippen LogP contribution in [0, 0.1) is 0 Å². The zero-order valence-corrected chi connectivity index (χ0v) is 21.5. The summed E-state index contributed by atoms with van der Waals surface area (Å²) < 4.78 is 32.3. The molecule has 6 atom stereocenters. The van der Waals surface area contributed by atoms with Crippen LogP contribution in [0.15, 0.2) is 0 Å². The highest BCUT2D eigenvalue weighted by atomic mass is 16.7. The molecule has 2 aliphatic carbocycles. The van der Waals surface area contributed by atoms with E-state index in [1.54, 1.807) is 0 Å². The molecule has 2 saturated carbocycles. The first-order chi connectivity index (χ1) is 16.9. The molecule has 3 N–H and O–H groups in total. The maximum atomic E-state index is 10.1. The average Bonchev–Trinajstić information content (AvgIpc) is 3.16. The largest absolute Gasteiger partial charge is 0.373 e. The standard InChI is InChI=1S/C10H18O3.C9H16O3.C7H14O3/c11-10-6-2-1-5-9(10)12-7-3-4-8-13-10;10-9-5-3-4-8(9)11-6-1-2-7-12-9;1-6-3-2-4-9-7(8)5-10-6/h9,11H,1-8H2;8,10H,1-7H2;6-8H,2-5H2,1H3. The lowest BCUT2D eigenvalue weighted by atomic mass is 9.91. The van der Waals surface area contributed by atoms with Crippen LogP contribution in [0.1, 0.15) is 90.4 Å². The Kier molecular flexibility index (Phi) is 12.6. The lowest BCUT2D eigenvalue weighted by Gasteiger charge is -2.40. The summed E-state index contributed by atoms with van der Waals surface area (Å²) in [6.45, 7) is 5.87. The lowest BCUT2D eigenvalue weighted by Crippen LogP contribution is -2.49. The second kappa shape index (κ2) is 15.1. The first kappa shape index (κ1) is 29.2. The summed E-state index contributed by atoms with van der Waals surface area (Å²) in [6, 6.07) is 0. The minimum atomic E-state index is -0.974. The fourth-order valence-corrected chi connectivity index (χ4v) is 5.10. The second-order valence-corrected chi connectivity index (χ2v) is 10.3. The summed E-state index contributed by atoms with van der Waals surface area (Å²) in [7, 11) is 0. The van der Waals surface area contributed by atoms with Crippen LogP contribution in [0.2, 0.25) is 0 Å². The molecule has 9 nitrogen and oxygen atoms in total. The molecule has 3 aliphatic heterocycles. The van der Waals surface area contributed by atoms with Crippen molar-refractivity contribution in [2.45, 2.75) is 127 Å². The zero-order chi connectivity index (χ0) is 25.0. The number of hydrogen-bond donors (Lipinski definition) is 3. The molecule has 0 aromatic carbocycles. The Morgan fingerprint density at radius 1 is 0.571 bits per heavy atom. The van der Waals surface area contributed by atoms with Gasteiger partial charge in [0.15, 0.2) is 17.9 Å². The number of rotatable bonds is 0. The third-order valence-electron chi connectivity index (χ3n) is 7.27. The van der Waals surface area contributed by atoms with Crippen LogP contribution >= 0.6 is 0 Å². The van der Waals surface area contributed by atoms with Gasteiger partial charge in [-0.05, 0) is 71.1 Å². The highest BCUT2D eigenvalue weighted by Gasteiger charge is 2.44. The van der Waals surface area contributed by atoms with Gasteiger partial charge in [-0.2, -0.15) is 0 Å². The molecule has 0 bridgehead atoms. The van der Waals surface area contributed by atoms with E-state index in [1.165, 1.54) is 0 Å². The van der Waals surface area contributed by atoms with Crippen LogP contribution in [-0.2, 0) is 28.4 Å². The third-order valence-corrected chi connectivity index (χ3v) is 7.27. The van der Waals surface area contributed by atoms with Gasteiger partial charge in [-0.3, -0.25) is 0 Å². The Hall–Kier alpha value is -0.360. The van der Waals surface area contributed by atoms with Crippen molar-refractivity contribution >= 4 is 0 Å². The summed E-state index contributed by atoms with van der Waals surface area (Å²) in [6.07, 6.45) is 12.0. The van der Waals surface area contributed by atoms with Gasteiger partial charge in [-0.25, -0.2) is 0 Å². The van der Waals surface area contributed by atoms with Crippen LogP contribution in [-0.4, -0.2) is 91.1 Å². The topological polar surface area (TPSA) is 116 Å². The van der Waals surface area contributed by atoms with Gasteiger partial charge in [-0.1, -0.05) is 6.42 Å². The summed E-state index contributed by atoms with van der Waals surface area (Å²) in [5, 5.41) is 29.1. The van der Waals surface area contributed by atoms with Crippen molar-refractivity contribution in [2.75, 3.05) is 39.6 Å². The Morgan fingerprint density at radius 3 is 1.77 bits per heavy atom. The van der Waals surface area contributed by atoms with E-state index < -0.39 is 17.9 Å².